The summed E-state index contributed by atoms with van der Waals surface area (Å²) in [5.41, 5.74) is 4.81. The van der Waals surface area contributed by atoms with Crippen molar-refractivity contribution in [2.24, 2.45) is 28.0 Å². The van der Waals surface area contributed by atoms with Gasteiger partial charge in [-0.25, -0.2) is 0 Å². The predicted molar refractivity (Wildman–Crippen MR) is 89.0 cm³/mol. The summed E-state index contributed by atoms with van der Waals surface area (Å²) in [6.07, 6.45) is 9.62. The van der Waals surface area contributed by atoms with Gasteiger partial charge >= 0.3 is 0 Å². The molecule has 4 fully saturated rings. The largest absolute Gasteiger partial charge is 0.271 e. The van der Waals surface area contributed by atoms with Crippen molar-refractivity contribution >= 4 is 11.3 Å². The van der Waals surface area contributed by atoms with E-state index in [1.807, 2.05) is 11.3 Å². The molecule has 116 valence electrons. The molecule has 3 unspecified atom stereocenters. The molecular weight excluding hydrogens is 276 g/mol. The Morgan fingerprint density at radius 3 is 2.48 bits per heavy atom. The van der Waals surface area contributed by atoms with E-state index in [-0.39, 0.29) is 0 Å². The van der Waals surface area contributed by atoms with E-state index in [0.29, 0.717) is 22.3 Å². The van der Waals surface area contributed by atoms with Crippen LogP contribution in [0.4, 0.5) is 0 Å². The predicted octanol–water partition coefficient (Wildman–Crippen LogP) is 4.12. The third-order valence-corrected chi connectivity index (χ3v) is 7.49. The highest BCUT2D eigenvalue weighted by Gasteiger charge is 2.61. The van der Waals surface area contributed by atoms with Gasteiger partial charge in [0.1, 0.15) is 0 Å². The molecule has 0 saturated heterocycles. The molecule has 0 amide bonds. The first-order valence-corrected chi connectivity index (χ1v) is 9.31. The summed E-state index contributed by atoms with van der Waals surface area (Å²) >= 11 is 1.87. The van der Waals surface area contributed by atoms with Crippen LogP contribution in [0.3, 0.4) is 0 Å². The van der Waals surface area contributed by atoms with Gasteiger partial charge in [-0.1, -0.05) is 19.9 Å². The van der Waals surface area contributed by atoms with Crippen LogP contribution in [-0.2, 0) is 6.42 Å². The maximum absolute atomic E-state index is 6.05. The van der Waals surface area contributed by atoms with E-state index in [1.54, 1.807) is 0 Å². The van der Waals surface area contributed by atoms with Gasteiger partial charge in [-0.2, -0.15) is 0 Å². The van der Waals surface area contributed by atoms with Crippen LogP contribution in [0.15, 0.2) is 17.5 Å². The molecule has 1 aromatic heterocycles. The maximum atomic E-state index is 6.05. The van der Waals surface area contributed by atoms with E-state index in [9.17, 15) is 0 Å². The molecular formula is C18H28N2S. The Morgan fingerprint density at radius 1 is 1.24 bits per heavy atom. The third kappa shape index (κ3) is 2.29. The normalized spacial score (nSPS) is 46.0. The lowest BCUT2D eigenvalue weighted by atomic mass is 9.39. The quantitative estimate of drug-likeness (QED) is 0.648. The van der Waals surface area contributed by atoms with E-state index >= 15 is 0 Å². The number of thiophene rings is 1. The fourth-order valence-electron chi connectivity index (χ4n) is 7.01. The highest BCUT2D eigenvalue weighted by Crippen LogP contribution is 2.70. The third-order valence-electron chi connectivity index (χ3n) is 6.60. The minimum absolute atomic E-state index is 0.432. The molecule has 3 heteroatoms. The number of hydrogen-bond donors (Lipinski definition) is 2. The van der Waals surface area contributed by atoms with Crippen molar-refractivity contribution in [3.05, 3.63) is 22.4 Å². The molecule has 4 saturated carbocycles. The first-order chi connectivity index (χ1) is 9.94. The molecule has 3 atom stereocenters. The van der Waals surface area contributed by atoms with Crippen molar-refractivity contribution in [1.29, 1.82) is 0 Å². The summed E-state index contributed by atoms with van der Waals surface area (Å²) in [5, 5.41) is 2.19. The molecule has 0 aromatic carbocycles. The lowest BCUT2D eigenvalue weighted by molar-refractivity contribution is -0.157. The second kappa shape index (κ2) is 4.56. The molecule has 1 heterocycles. The van der Waals surface area contributed by atoms with E-state index in [0.717, 1.165) is 12.3 Å². The zero-order valence-corrected chi connectivity index (χ0v) is 14.1. The Labute approximate surface area is 132 Å². The highest BCUT2D eigenvalue weighted by molar-refractivity contribution is 7.09. The molecule has 0 radical (unpaired) electrons. The van der Waals surface area contributed by atoms with Crippen LogP contribution in [-0.4, -0.2) is 6.04 Å². The van der Waals surface area contributed by atoms with Crippen molar-refractivity contribution in [3.8, 4) is 0 Å². The fourth-order valence-corrected chi connectivity index (χ4v) is 7.76. The number of nitrogens with two attached hydrogens (primary N) is 1. The van der Waals surface area contributed by atoms with Crippen molar-refractivity contribution in [1.82, 2.24) is 5.43 Å². The van der Waals surface area contributed by atoms with Gasteiger partial charge < -0.3 is 0 Å². The van der Waals surface area contributed by atoms with Gasteiger partial charge in [0.05, 0.1) is 0 Å². The monoisotopic (exact) mass is 304 g/mol. The number of hydrazine groups is 1. The highest BCUT2D eigenvalue weighted by atomic mass is 32.1. The zero-order valence-electron chi connectivity index (χ0n) is 13.3. The first kappa shape index (κ1) is 14.2. The summed E-state index contributed by atoms with van der Waals surface area (Å²) in [6, 6.07) is 4.87. The number of hydrogen-bond acceptors (Lipinski definition) is 3. The van der Waals surface area contributed by atoms with E-state index in [4.69, 9.17) is 5.84 Å². The molecule has 1 aromatic rings. The number of nitrogens with one attached hydrogen (secondary N) is 1. The van der Waals surface area contributed by atoms with Gasteiger partial charge in [-0.05, 0) is 78.6 Å². The van der Waals surface area contributed by atoms with Gasteiger partial charge in [0, 0.05) is 10.9 Å². The summed E-state index contributed by atoms with van der Waals surface area (Å²) in [7, 11) is 0. The molecule has 3 N–H and O–H groups in total. The Kier molecular flexibility index (Phi) is 3.09. The van der Waals surface area contributed by atoms with E-state index < -0.39 is 0 Å². The van der Waals surface area contributed by atoms with Crippen molar-refractivity contribution in [2.75, 3.05) is 0 Å². The number of rotatable bonds is 4. The van der Waals surface area contributed by atoms with Crippen LogP contribution in [0.5, 0.6) is 0 Å². The summed E-state index contributed by atoms with van der Waals surface area (Å²) in [4.78, 5) is 1.48. The second-order valence-corrected chi connectivity index (χ2v) is 10.0. The molecule has 2 nitrogen and oxygen atoms in total. The van der Waals surface area contributed by atoms with Gasteiger partial charge in [-0.15, -0.1) is 11.3 Å². The van der Waals surface area contributed by atoms with Crippen LogP contribution < -0.4 is 11.3 Å². The minimum atomic E-state index is 0.432. The van der Waals surface area contributed by atoms with Crippen LogP contribution in [0, 0.1) is 22.2 Å². The van der Waals surface area contributed by atoms with Gasteiger partial charge in [0.2, 0.25) is 0 Å². The zero-order chi connectivity index (χ0) is 14.7. The van der Waals surface area contributed by atoms with Gasteiger partial charge in [-0.3, -0.25) is 11.3 Å². The molecule has 5 rings (SSSR count). The van der Waals surface area contributed by atoms with Crippen LogP contribution in [0.25, 0.3) is 0 Å². The Morgan fingerprint density at radius 2 is 1.95 bits per heavy atom. The van der Waals surface area contributed by atoms with Crippen LogP contribution in [0.2, 0.25) is 0 Å². The van der Waals surface area contributed by atoms with Crippen molar-refractivity contribution in [3.63, 3.8) is 0 Å². The van der Waals surface area contributed by atoms with Crippen molar-refractivity contribution < 1.29 is 0 Å². The molecule has 4 bridgehead atoms. The van der Waals surface area contributed by atoms with Gasteiger partial charge in [0.15, 0.2) is 0 Å². The summed E-state index contributed by atoms with van der Waals surface area (Å²) in [5.74, 6) is 6.99. The molecule has 4 aliphatic carbocycles. The second-order valence-electron chi connectivity index (χ2n) is 9.00. The minimum Gasteiger partial charge on any atom is -0.271 e. The summed E-state index contributed by atoms with van der Waals surface area (Å²) < 4.78 is 0. The first-order valence-electron chi connectivity index (χ1n) is 8.43. The average molecular weight is 305 g/mol. The van der Waals surface area contributed by atoms with Gasteiger partial charge in [0.25, 0.3) is 0 Å². The van der Waals surface area contributed by atoms with Crippen LogP contribution >= 0.6 is 11.3 Å². The Hall–Kier alpha value is -0.380. The van der Waals surface area contributed by atoms with E-state index in [2.05, 4.69) is 36.8 Å². The fraction of sp³-hybridized carbons (Fsp3) is 0.778. The maximum Gasteiger partial charge on any atom is 0.0315 e. The summed E-state index contributed by atoms with van der Waals surface area (Å²) in [6.45, 7) is 5.09. The Balaban J connectivity index is 1.66. The lowest BCUT2D eigenvalue weighted by Gasteiger charge is -2.67. The molecule has 0 spiro atoms. The van der Waals surface area contributed by atoms with Crippen molar-refractivity contribution in [2.45, 2.75) is 64.8 Å². The van der Waals surface area contributed by atoms with Crippen LogP contribution in [0.1, 0.15) is 57.2 Å². The SMILES string of the molecule is CC12CC3CC(C)(C1)CC(C(Cc1cccs1)NN)(C3)C2. The molecule has 21 heavy (non-hydrogen) atoms. The lowest BCUT2D eigenvalue weighted by Crippen LogP contribution is -2.62. The Bertz CT molecular complexity index is 505. The van der Waals surface area contributed by atoms with E-state index in [1.165, 1.54) is 43.4 Å². The molecule has 0 aliphatic heterocycles. The average Bonchev–Trinajstić information content (AvgIpc) is 2.83. The standard InChI is InChI=1S/C18H28N2S/c1-16-7-13-8-17(2,10-16)12-18(9-13,11-16)15(20-19)6-14-4-3-5-21-14/h3-5,13,15,20H,6-12,19H2,1-2H3. The smallest absolute Gasteiger partial charge is 0.0315 e. The topological polar surface area (TPSA) is 38.0 Å². The molecule has 4 aliphatic rings.